The van der Waals surface area contributed by atoms with Gasteiger partial charge in [0.15, 0.2) is 5.82 Å². The number of morpholine rings is 1. The molecule has 10 heteroatoms. The molecule has 242 valence electrons. The van der Waals surface area contributed by atoms with Crippen LogP contribution >= 0.6 is 11.6 Å². The lowest BCUT2D eigenvalue weighted by molar-refractivity contribution is 0.0176. The fraction of sp³-hybridized carbons (Fsp3) is 0.459. The predicted octanol–water partition coefficient (Wildman–Crippen LogP) is 5.81. The van der Waals surface area contributed by atoms with Gasteiger partial charge in [-0.2, -0.15) is 9.97 Å². The second-order valence-electron chi connectivity index (χ2n) is 14.4. The molecule has 1 saturated carbocycles. The smallest absolute Gasteiger partial charge is 0.319 e. The zero-order valence-electron chi connectivity index (χ0n) is 26.4. The fourth-order valence-corrected chi connectivity index (χ4v) is 8.76. The lowest BCUT2D eigenvalue weighted by Crippen LogP contribution is -2.51. The van der Waals surface area contributed by atoms with Crippen LogP contribution < -0.4 is 15.0 Å². The number of terminal acetylenes is 1. The number of anilines is 1. The number of rotatable bonds is 7. The lowest BCUT2D eigenvalue weighted by atomic mass is 9.91. The maximum atomic E-state index is 17.1. The Labute approximate surface area is 278 Å². The summed E-state index contributed by atoms with van der Waals surface area (Å²) in [6, 6.07) is 10.1. The lowest BCUT2D eigenvalue weighted by Gasteiger charge is -2.34. The zero-order chi connectivity index (χ0) is 32.0. The molecule has 8 nitrogen and oxygen atoms in total. The van der Waals surface area contributed by atoms with Crippen LogP contribution in [0.2, 0.25) is 5.02 Å². The minimum Gasteiger partial charge on any atom is -0.508 e. The minimum absolute atomic E-state index is 0.00824. The predicted molar refractivity (Wildman–Crippen MR) is 181 cm³/mol. The van der Waals surface area contributed by atoms with Crippen LogP contribution in [-0.4, -0.2) is 83.6 Å². The Kier molecular flexibility index (Phi) is 6.85. The van der Waals surface area contributed by atoms with Crippen molar-refractivity contribution in [3.05, 3.63) is 52.3 Å². The van der Waals surface area contributed by atoms with Crippen molar-refractivity contribution in [2.45, 2.75) is 63.3 Å². The number of aryl methyl sites for hydroxylation is 1. The third-order valence-electron chi connectivity index (χ3n) is 11.1. The van der Waals surface area contributed by atoms with Gasteiger partial charge in [-0.1, -0.05) is 29.7 Å². The quantitative estimate of drug-likeness (QED) is 0.242. The van der Waals surface area contributed by atoms with Crippen LogP contribution in [-0.2, 0) is 4.74 Å². The number of phenols is 1. The highest BCUT2D eigenvalue weighted by Crippen LogP contribution is 2.49. The summed E-state index contributed by atoms with van der Waals surface area (Å²) in [5.74, 6) is 2.81. The molecule has 5 fully saturated rings. The van der Waals surface area contributed by atoms with Crippen LogP contribution in [0.15, 0.2) is 30.3 Å². The summed E-state index contributed by atoms with van der Waals surface area (Å²) in [6.07, 6.45) is 11.8. The molecule has 47 heavy (non-hydrogen) atoms. The summed E-state index contributed by atoms with van der Waals surface area (Å²) in [5.41, 5.74) is 2.25. The second-order valence-corrected chi connectivity index (χ2v) is 14.8. The molecule has 1 aromatic heterocycles. The number of nitrogens with one attached hydrogen (secondary N) is 1. The van der Waals surface area contributed by atoms with E-state index in [0.29, 0.717) is 63.9 Å². The van der Waals surface area contributed by atoms with Crippen LogP contribution in [0.5, 0.6) is 11.8 Å². The van der Waals surface area contributed by atoms with Crippen molar-refractivity contribution in [1.29, 1.82) is 0 Å². The Morgan fingerprint density at radius 1 is 1.17 bits per heavy atom. The van der Waals surface area contributed by atoms with Crippen molar-refractivity contribution in [3.63, 3.8) is 0 Å². The number of aromatic hydroxyl groups is 1. The van der Waals surface area contributed by atoms with E-state index in [2.05, 4.69) is 21.0 Å². The van der Waals surface area contributed by atoms with Gasteiger partial charge in [0, 0.05) is 71.6 Å². The molecule has 4 atom stereocenters. The summed E-state index contributed by atoms with van der Waals surface area (Å²) in [4.78, 5) is 14.5. The molecule has 3 aromatic carbocycles. The van der Waals surface area contributed by atoms with Crippen molar-refractivity contribution in [2.24, 2.45) is 5.41 Å². The number of halogens is 2. The van der Waals surface area contributed by atoms with Crippen LogP contribution in [0.25, 0.3) is 32.8 Å². The van der Waals surface area contributed by atoms with Crippen molar-refractivity contribution >= 4 is 39.1 Å². The van der Waals surface area contributed by atoms with Crippen molar-refractivity contribution in [2.75, 3.05) is 44.3 Å². The summed E-state index contributed by atoms with van der Waals surface area (Å²) in [7, 11) is 0. The normalized spacial score (nSPS) is 26.0. The van der Waals surface area contributed by atoms with E-state index in [0.717, 1.165) is 70.5 Å². The van der Waals surface area contributed by atoms with Gasteiger partial charge in [-0.15, -0.1) is 6.42 Å². The number of piperazine rings is 1. The average molecular weight is 654 g/mol. The molecular formula is C37H37ClFN5O3. The number of likely N-dealkylation sites (tertiary alicyclic amines) is 1. The first kappa shape index (κ1) is 29.5. The van der Waals surface area contributed by atoms with E-state index in [1.54, 1.807) is 12.1 Å². The minimum atomic E-state index is -0.593. The molecule has 4 saturated heterocycles. The first-order chi connectivity index (χ1) is 22.8. The summed E-state index contributed by atoms with van der Waals surface area (Å²) >= 11 is 6.98. The van der Waals surface area contributed by atoms with Crippen LogP contribution in [0.4, 0.5) is 10.2 Å². The van der Waals surface area contributed by atoms with E-state index in [1.807, 2.05) is 19.1 Å². The Morgan fingerprint density at radius 3 is 2.68 bits per heavy atom. The number of hydrogen-bond donors (Lipinski definition) is 2. The van der Waals surface area contributed by atoms with Gasteiger partial charge in [0.2, 0.25) is 0 Å². The Bertz CT molecular complexity index is 1980. The number of fused-ring (bicyclic) bond motifs is 6. The zero-order valence-corrected chi connectivity index (χ0v) is 27.1. The van der Waals surface area contributed by atoms with Gasteiger partial charge in [-0.05, 0) is 73.7 Å². The number of benzene rings is 3. The summed E-state index contributed by atoms with van der Waals surface area (Å²) in [5, 5.41) is 16.5. The molecule has 1 aliphatic carbocycles. The molecule has 5 aliphatic rings. The van der Waals surface area contributed by atoms with E-state index in [9.17, 15) is 5.11 Å². The number of aromatic nitrogens is 2. The second kappa shape index (κ2) is 10.9. The van der Waals surface area contributed by atoms with E-state index in [-0.39, 0.29) is 33.3 Å². The highest BCUT2D eigenvalue weighted by Gasteiger charge is 2.49. The highest BCUT2D eigenvalue weighted by molar-refractivity contribution is 6.35. The Morgan fingerprint density at radius 2 is 1.98 bits per heavy atom. The maximum Gasteiger partial charge on any atom is 0.319 e. The third kappa shape index (κ3) is 5.00. The van der Waals surface area contributed by atoms with Crippen molar-refractivity contribution in [1.82, 2.24) is 20.2 Å². The summed E-state index contributed by atoms with van der Waals surface area (Å²) in [6.45, 7) is 6.67. The van der Waals surface area contributed by atoms with Gasteiger partial charge in [-0.3, -0.25) is 4.90 Å². The van der Waals surface area contributed by atoms with Crippen molar-refractivity contribution in [3.8, 4) is 35.2 Å². The molecule has 2 unspecified atom stereocenters. The van der Waals surface area contributed by atoms with Crippen LogP contribution in [0.1, 0.15) is 43.2 Å². The number of ether oxygens (including phenoxy) is 2. The van der Waals surface area contributed by atoms with E-state index in [4.69, 9.17) is 37.5 Å². The number of phenolic OH excluding ortho intramolecular Hbond substituents is 1. The fourth-order valence-electron chi connectivity index (χ4n) is 8.47. The molecule has 0 radical (unpaired) electrons. The summed E-state index contributed by atoms with van der Waals surface area (Å²) < 4.78 is 29.4. The first-order valence-corrected chi connectivity index (χ1v) is 17.1. The highest BCUT2D eigenvalue weighted by atomic mass is 35.5. The molecule has 2 N–H and O–H groups in total. The molecule has 4 aliphatic heterocycles. The molecule has 4 bridgehead atoms. The van der Waals surface area contributed by atoms with E-state index in [1.165, 1.54) is 6.07 Å². The third-order valence-corrected chi connectivity index (χ3v) is 11.4. The standard InChI is InChI=1S/C37H37ClFN5O3/c1-3-27-20(2)4-5-21-10-25(45)12-28(31(21)27)32-30(38)13-29-34(33(32)39)41-36(42-35(29)43-14-22-6-7-23(15-43)40-22)47-19-37(8-9-37)18-44-16-26-11-24(44)17-46-26/h1,4-5,10,12-13,22-24,26,40,45H,6-9,11,14-19H2,2H3/t22?,23?,24-,26-/m1/s1. The van der Waals surface area contributed by atoms with Gasteiger partial charge < -0.3 is 24.8 Å². The molecule has 4 aromatic rings. The first-order valence-electron chi connectivity index (χ1n) is 16.7. The molecular weight excluding hydrogens is 617 g/mol. The van der Waals surface area contributed by atoms with E-state index < -0.39 is 5.82 Å². The van der Waals surface area contributed by atoms with Gasteiger partial charge in [0.25, 0.3) is 0 Å². The largest absolute Gasteiger partial charge is 0.508 e. The van der Waals surface area contributed by atoms with Crippen LogP contribution in [0, 0.1) is 30.5 Å². The Balaban J connectivity index is 1.15. The SMILES string of the molecule is C#Cc1c(C)ccc2cc(O)cc(-c3c(Cl)cc4c(N5CC6CCC(C5)N6)nc(OCC5(CN6C[C@H]7C[C@@H]6CO7)CC5)nc4c3F)c12. The monoisotopic (exact) mass is 653 g/mol. The average Bonchev–Trinajstić information content (AvgIpc) is 3.32. The molecule has 9 rings (SSSR count). The van der Waals surface area contributed by atoms with Gasteiger partial charge in [-0.25, -0.2) is 4.39 Å². The van der Waals surface area contributed by atoms with E-state index >= 15 is 4.39 Å². The topological polar surface area (TPSA) is 83.0 Å². The number of nitrogens with zero attached hydrogens (tertiary/aromatic N) is 4. The van der Waals surface area contributed by atoms with Gasteiger partial charge in [0.1, 0.15) is 17.1 Å². The van der Waals surface area contributed by atoms with Crippen LogP contribution in [0.3, 0.4) is 0 Å². The van der Waals surface area contributed by atoms with Gasteiger partial charge >= 0.3 is 6.01 Å². The molecule has 5 heterocycles. The van der Waals surface area contributed by atoms with Gasteiger partial charge in [0.05, 0.1) is 24.3 Å². The number of hydrogen-bond acceptors (Lipinski definition) is 8. The Hall–Kier alpha value is -3.68. The molecule has 0 spiro atoms. The molecule has 0 amide bonds. The maximum absolute atomic E-state index is 17.1. The van der Waals surface area contributed by atoms with Crippen molar-refractivity contribution < 1.29 is 19.0 Å².